The zero-order chi connectivity index (χ0) is 19.5. The number of halogens is 1. The van der Waals surface area contributed by atoms with E-state index < -0.39 is 10.0 Å². The van der Waals surface area contributed by atoms with Gasteiger partial charge in [-0.1, -0.05) is 26.0 Å². The molecular formula is C18H29ClN4O3S. The number of hydrogen-bond donors (Lipinski definition) is 2. The van der Waals surface area contributed by atoms with E-state index in [1.165, 1.54) is 0 Å². The summed E-state index contributed by atoms with van der Waals surface area (Å²) in [5, 5.41) is 0. The predicted molar refractivity (Wildman–Crippen MR) is 110 cm³/mol. The lowest BCUT2D eigenvalue weighted by Crippen LogP contribution is -2.35. The Morgan fingerprint density at radius 1 is 1.26 bits per heavy atom. The van der Waals surface area contributed by atoms with Crippen LogP contribution in [0.4, 0.5) is 0 Å². The van der Waals surface area contributed by atoms with Gasteiger partial charge in [-0.2, -0.15) is 0 Å². The quantitative estimate of drug-likeness (QED) is 0.706. The van der Waals surface area contributed by atoms with Crippen LogP contribution in [0, 0.1) is 5.92 Å². The molecule has 0 saturated heterocycles. The molecule has 0 aliphatic carbocycles. The van der Waals surface area contributed by atoms with Gasteiger partial charge in [-0.15, -0.1) is 12.4 Å². The van der Waals surface area contributed by atoms with Gasteiger partial charge in [0.05, 0.1) is 10.9 Å². The highest BCUT2D eigenvalue weighted by Gasteiger charge is 2.30. The average Bonchev–Trinajstić information content (AvgIpc) is 2.82. The fourth-order valence-electron chi connectivity index (χ4n) is 2.71. The summed E-state index contributed by atoms with van der Waals surface area (Å²) in [5.41, 5.74) is 6.57. The number of aliphatic imine (C=N–C) groups is 1. The molecule has 0 saturated carbocycles. The van der Waals surface area contributed by atoms with Crippen LogP contribution in [0.15, 0.2) is 34.2 Å². The number of carbonyl (C=O) groups excluding carboxylic acids is 1. The van der Waals surface area contributed by atoms with E-state index in [9.17, 15) is 13.2 Å². The Morgan fingerprint density at radius 3 is 2.52 bits per heavy atom. The summed E-state index contributed by atoms with van der Waals surface area (Å²) in [6.45, 7) is 6.51. The van der Waals surface area contributed by atoms with Crippen molar-refractivity contribution in [3.8, 4) is 0 Å². The van der Waals surface area contributed by atoms with Crippen LogP contribution in [-0.2, 0) is 14.8 Å². The number of carbonyl (C=O) groups is 1. The van der Waals surface area contributed by atoms with Gasteiger partial charge in [0.2, 0.25) is 5.91 Å². The fourth-order valence-corrected chi connectivity index (χ4v) is 3.94. The zero-order valence-electron chi connectivity index (χ0n) is 16.2. The summed E-state index contributed by atoms with van der Waals surface area (Å²) < 4.78 is 26.7. The van der Waals surface area contributed by atoms with Crippen molar-refractivity contribution in [1.82, 2.24) is 9.62 Å². The second-order valence-electron chi connectivity index (χ2n) is 7.14. The Bertz CT molecular complexity index is 796. The molecule has 1 aliphatic rings. The molecule has 27 heavy (non-hydrogen) atoms. The number of benzene rings is 1. The predicted octanol–water partition coefficient (Wildman–Crippen LogP) is 1.76. The van der Waals surface area contributed by atoms with Gasteiger partial charge in [0.25, 0.3) is 10.0 Å². The van der Waals surface area contributed by atoms with E-state index >= 15 is 0 Å². The van der Waals surface area contributed by atoms with Gasteiger partial charge < -0.3 is 10.6 Å². The van der Waals surface area contributed by atoms with Crippen molar-refractivity contribution in [3.63, 3.8) is 0 Å². The molecule has 1 aromatic rings. The number of hydrogen-bond acceptors (Lipinski definition) is 5. The smallest absolute Gasteiger partial charge is 0.263 e. The highest BCUT2D eigenvalue weighted by Crippen LogP contribution is 2.22. The monoisotopic (exact) mass is 416 g/mol. The number of amidine groups is 1. The fraction of sp³-hybridized carbons (Fsp3) is 0.556. The third-order valence-electron chi connectivity index (χ3n) is 4.56. The number of amides is 1. The highest BCUT2D eigenvalue weighted by atomic mass is 35.5. The van der Waals surface area contributed by atoms with Crippen molar-refractivity contribution in [2.75, 3.05) is 13.6 Å². The molecule has 0 fully saturated rings. The highest BCUT2D eigenvalue weighted by molar-refractivity contribution is 7.90. The van der Waals surface area contributed by atoms with E-state index in [4.69, 9.17) is 5.73 Å². The molecule has 1 aromatic carbocycles. The van der Waals surface area contributed by atoms with E-state index in [1.54, 1.807) is 43.1 Å². The molecule has 7 nitrogen and oxygen atoms in total. The molecule has 2 unspecified atom stereocenters. The standard InChI is InChI=1S/C18H28N4O3S.ClH/c1-12(2)15(19)9-10-22(4)17(23)11-13(3)20-18-14-7-5-6-8-16(14)26(24,25)21-18;/h5-8,12-13,15H,9-11,19H2,1-4H3,(H,20,21);1H. The first kappa shape index (κ1) is 23.4. The molecule has 0 aromatic heterocycles. The lowest BCUT2D eigenvalue weighted by Gasteiger charge is -2.22. The van der Waals surface area contributed by atoms with Crippen LogP contribution in [-0.4, -0.2) is 50.7 Å². The summed E-state index contributed by atoms with van der Waals surface area (Å²) in [6.07, 6.45) is 0.955. The second-order valence-corrected chi connectivity index (χ2v) is 8.80. The van der Waals surface area contributed by atoms with Crippen LogP contribution in [0.2, 0.25) is 0 Å². The van der Waals surface area contributed by atoms with E-state index in [0.717, 1.165) is 6.42 Å². The maximum atomic E-state index is 12.4. The number of nitrogens with two attached hydrogens (primary N) is 1. The van der Waals surface area contributed by atoms with Gasteiger partial charge >= 0.3 is 0 Å². The zero-order valence-corrected chi connectivity index (χ0v) is 17.8. The van der Waals surface area contributed by atoms with Gasteiger partial charge in [-0.25, -0.2) is 8.42 Å². The molecule has 2 rings (SSSR count). The number of nitrogens with zero attached hydrogens (tertiary/aromatic N) is 2. The number of fused-ring (bicyclic) bond motifs is 1. The third kappa shape index (κ3) is 5.92. The molecule has 9 heteroatoms. The Morgan fingerprint density at radius 2 is 1.89 bits per heavy atom. The lowest BCUT2D eigenvalue weighted by molar-refractivity contribution is -0.130. The van der Waals surface area contributed by atoms with E-state index in [1.807, 2.05) is 0 Å². The van der Waals surface area contributed by atoms with Gasteiger partial charge in [0, 0.05) is 31.6 Å². The van der Waals surface area contributed by atoms with E-state index in [-0.39, 0.29) is 41.7 Å². The molecule has 0 bridgehead atoms. The van der Waals surface area contributed by atoms with Crippen molar-refractivity contribution >= 4 is 34.2 Å². The Labute approximate surface area is 167 Å². The molecule has 1 amide bonds. The largest absolute Gasteiger partial charge is 0.346 e. The normalized spacial score (nSPS) is 18.4. The summed E-state index contributed by atoms with van der Waals surface area (Å²) in [6, 6.07) is 6.41. The molecular weight excluding hydrogens is 388 g/mol. The van der Waals surface area contributed by atoms with Crippen molar-refractivity contribution in [3.05, 3.63) is 29.8 Å². The van der Waals surface area contributed by atoms with Crippen LogP contribution >= 0.6 is 12.4 Å². The molecule has 1 heterocycles. The minimum atomic E-state index is -3.56. The minimum absolute atomic E-state index is 0. The summed E-state index contributed by atoms with van der Waals surface area (Å²) in [7, 11) is -1.81. The van der Waals surface area contributed by atoms with Crippen molar-refractivity contribution in [2.24, 2.45) is 16.6 Å². The summed E-state index contributed by atoms with van der Waals surface area (Å²) >= 11 is 0. The molecule has 3 N–H and O–H groups in total. The van der Waals surface area contributed by atoms with Crippen molar-refractivity contribution < 1.29 is 13.2 Å². The van der Waals surface area contributed by atoms with Crippen LogP contribution in [0.25, 0.3) is 0 Å². The second kappa shape index (κ2) is 9.52. The van der Waals surface area contributed by atoms with Crippen molar-refractivity contribution in [1.29, 1.82) is 0 Å². The van der Waals surface area contributed by atoms with E-state index in [2.05, 4.69) is 23.6 Å². The third-order valence-corrected chi connectivity index (χ3v) is 5.96. The number of sulfonamides is 1. The molecule has 0 radical (unpaired) electrons. The molecule has 1 aliphatic heterocycles. The summed E-state index contributed by atoms with van der Waals surface area (Å²) in [5.74, 6) is 0.636. The average molecular weight is 417 g/mol. The molecule has 152 valence electrons. The van der Waals surface area contributed by atoms with Crippen LogP contribution in [0.5, 0.6) is 0 Å². The molecule has 2 atom stereocenters. The van der Waals surface area contributed by atoms with Crippen LogP contribution in [0.3, 0.4) is 0 Å². The maximum Gasteiger partial charge on any atom is 0.263 e. The topological polar surface area (TPSA) is 105 Å². The first-order valence-electron chi connectivity index (χ1n) is 8.81. The number of rotatable bonds is 7. The van der Waals surface area contributed by atoms with Crippen LogP contribution in [0.1, 0.15) is 39.2 Å². The summed E-state index contributed by atoms with van der Waals surface area (Å²) in [4.78, 5) is 18.7. The number of nitrogens with one attached hydrogen (secondary N) is 1. The maximum absolute atomic E-state index is 12.4. The Balaban J connectivity index is 0.00000364. The van der Waals surface area contributed by atoms with Crippen LogP contribution < -0.4 is 10.5 Å². The minimum Gasteiger partial charge on any atom is -0.346 e. The van der Waals surface area contributed by atoms with Crippen molar-refractivity contribution in [2.45, 2.75) is 50.6 Å². The lowest BCUT2D eigenvalue weighted by atomic mass is 10.0. The van der Waals surface area contributed by atoms with Gasteiger partial charge in [-0.3, -0.25) is 14.5 Å². The first-order valence-corrected chi connectivity index (χ1v) is 10.3. The first-order chi connectivity index (χ1) is 12.1. The van der Waals surface area contributed by atoms with Gasteiger partial charge in [0.15, 0.2) is 0 Å². The SMILES string of the molecule is CC(CC(=O)N(C)CCC(N)C(C)C)N=C1NS(=O)(=O)c2ccccc21.Cl. The Kier molecular flexibility index (Phi) is 8.25. The van der Waals surface area contributed by atoms with E-state index in [0.29, 0.717) is 23.9 Å². The van der Waals surface area contributed by atoms with Gasteiger partial charge in [-0.05, 0) is 31.4 Å². The Hall–Kier alpha value is -1.64. The molecule has 0 spiro atoms. The van der Waals surface area contributed by atoms with Gasteiger partial charge in [0.1, 0.15) is 5.84 Å².